The molecule has 7 heteroatoms. The summed E-state index contributed by atoms with van der Waals surface area (Å²) in [5.41, 5.74) is 1.03. The van der Waals surface area contributed by atoms with Crippen LogP contribution in [0, 0.1) is 0 Å². The fourth-order valence-corrected chi connectivity index (χ4v) is 3.12. The van der Waals surface area contributed by atoms with Gasteiger partial charge in [-0.3, -0.25) is 0 Å². The van der Waals surface area contributed by atoms with Crippen LogP contribution in [0.4, 0.5) is 0 Å². The largest absolute Gasteiger partial charge is 0.335 e. The number of imidazole rings is 1. The normalized spacial score (nSPS) is 13.3. The van der Waals surface area contributed by atoms with Gasteiger partial charge in [-0.2, -0.15) is 0 Å². The highest BCUT2D eigenvalue weighted by atomic mass is 35.5. The van der Waals surface area contributed by atoms with Crippen molar-refractivity contribution in [2.24, 2.45) is 0 Å². The lowest BCUT2D eigenvalue weighted by Gasteiger charge is -2.15. The van der Waals surface area contributed by atoms with Crippen LogP contribution < -0.4 is 4.72 Å². The second kappa shape index (κ2) is 6.18. The standard InChI is InChI=1S/C12H14ClN3O2S/c13-7-11(6-10-4-2-1-3-5-10)16-19(17,18)12-8-14-9-15-12/h1-5,8-9,11,16H,6-7H2,(H,14,15). The molecule has 1 unspecified atom stereocenters. The first-order valence-electron chi connectivity index (χ1n) is 5.72. The summed E-state index contributed by atoms with van der Waals surface area (Å²) in [5, 5.41) is 0.0377. The molecule has 2 aromatic rings. The van der Waals surface area contributed by atoms with E-state index in [0.29, 0.717) is 6.42 Å². The van der Waals surface area contributed by atoms with Crippen LogP contribution in [0.2, 0.25) is 0 Å². The summed E-state index contributed by atoms with van der Waals surface area (Å²) in [6.45, 7) is 0. The Bertz CT molecular complexity index is 599. The van der Waals surface area contributed by atoms with Crippen LogP contribution in [0.3, 0.4) is 0 Å². The predicted molar refractivity (Wildman–Crippen MR) is 73.6 cm³/mol. The van der Waals surface area contributed by atoms with E-state index in [0.717, 1.165) is 5.56 Å². The molecule has 0 saturated carbocycles. The number of aromatic nitrogens is 2. The number of H-pyrrole nitrogens is 1. The third-order valence-corrected chi connectivity index (χ3v) is 4.41. The Morgan fingerprint density at radius 1 is 1.32 bits per heavy atom. The Kier molecular flexibility index (Phi) is 4.57. The summed E-state index contributed by atoms with van der Waals surface area (Å²) in [7, 11) is -3.60. The van der Waals surface area contributed by atoms with Crippen LogP contribution >= 0.6 is 11.6 Å². The maximum absolute atomic E-state index is 12.0. The zero-order valence-corrected chi connectivity index (χ0v) is 11.7. The summed E-state index contributed by atoms with van der Waals surface area (Å²) in [4.78, 5) is 6.26. The van der Waals surface area contributed by atoms with Gasteiger partial charge in [0.25, 0.3) is 10.0 Å². The van der Waals surface area contributed by atoms with Crippen molar-refractivity contribution in [2.45, 2.75) is 17.5 Å². The lowest BCUT2D eigenvalue weighted by Crippen LogP contribution is -2.37. The van der Waals surface area contributed by atoms with Crippen LogP contribution in [-0.4, -0.2) is 30.3 Å². The Morgan fingerprint density at radius 3 is 2.63 bits per heavy atom. The van der Waals surface area contributed by atoms with Crippen molar-refractivity contribution in [2.75, 3.05) is 5.88 Å². The molecule has 0 aliphatic rings. The van der Waals surface area contributed by atoms with Crippen molar-refractivity contribution < 1.29 is 8.42 Å². The molecule has 0 saturated heterocycles. The monoisotopic (exact) mass is 299 g/mol. The fourth-order valence-electron chi connectivity index (χ4n) is 1.70. The van der Waals surface area contributed by atoms with Crippen molar-refractivity contribution in [1.29, 1.82) is 0 Å². The number of benzene rings is 1. The first-order chi connectivity index (χ1) is 9.12. The van der Waals surface area contributed by atoms with E-state index in [1.54, 1.807) is 0 Å². The van der Waals surface area contributed by atoms with Crippen LogP contribution in [0.25, 0.3) is 0 Å². The quantitative estimate of drug-likeness (QED) is 0.795. The van der Waals surface area contributed by atoms with Gasteiger partial charge in [-0.05, 0) is 12.0 Å². The van der Waals surface area contributed by atoms with Gasteiger partial charge in [0.2, 0.25) is 0 Å². The van der Waals surface area contributed by atoms with E-state index in [2.05, 4.69) is 14.7 Å². The molecular weight excluding hydrogens is 286 g/mol. The second-order valence-corrected chi connectivity index (χ2v) is 6.07. The zero-order chi connectivity index (χ0) is 13.7. The Labute approximate surface area is 117 Å². The molecule has 2 rings (SSSR count). The number of nitrogens with zero attached hydrogens (tertiary/aromatic N) is 1. The minimum absolute atomic E-state index is 0.0377. The smallest absolute Gasteiger partial charge is 0.257 e. The maximum atomic E-state index is 12.0. The van der Waals surface area contributed by atoms with Gasteiger partial charge in [0.1, 0.15) is 0 Å². The van der Waals surface area contributed by atoms with Gasteiger partial charge in [0, 0.05) is 11.9 Å². The van der Waals surface area contributed by atoms with Crippen molar-refractivity contribution in [1.82, 2.24) is 14.7 Å². The summed E-state index contributed by atoms with van der Waals surface area (Å²) in [6.07, 6.45) is 3.12. The molecule has 0 amide bonds. The minimum Gasteiger partial charge on any atom is -0.335 e. The van der Waals surface area contributed by atoms with E-state index < -0.39 is 10.0 Å². The molecule has 0 spiro atoms. The molecule has 102 valence electrons. The van der Waals surface area contributed by atoms with Crippen molar-refractivity contribution in [3.63, 3.8) is 0 Å². The predicted octanol–water partition coefficient (Wildman–Crippen LogP) is 1.54. The lowest BCUT2D eigenvalue weighted by molar-refractivity contribution is 0.558. The van der Waals surface area contributed by atoms with E-state index >= 15 is 0 Å². The summed E-state index contributed by atoms with van der Waals surface area (Å²) in [6, 6.07) is 9.23. The third kappa shape index (κ3) is 3.79. The number of nitrogens with one attached hydrogen (secondary N) is 2. The summed E-state index contributed by atoms with van der Waals surface area (Å²) < 4.78 is 26.6. The topological polar surface area (TPSA) is 74.8 Å². The fraction of sp³-hybridized carbons (Fsp3) is 0.250. The van der Waals surface area contributed by atoms with E-state index in [1.165, 1.54) is 12.5 Å². The van der Waals surface area contributed by atoms with E-state index in [4.69, 9.17) is 11.6 Å². The van der Waals surface area contributed by atoms with Gasteiger partial charge >= 0.3 is 0 Å². The van der Waals surface area contributed by atoms with Crippen LogP contribution in [-0.2, 0) is 16.4 Å². The molecule has 19 heavy (non-hydrogen) atoms. The molecule has 0 aliphatic heterocycles. The molecule has 2 N–H and O–H groups in total. The van der Waals surface area contributed by atoms with Gasteiger partial charge in [0.05, 0.1) is 12.5 Å². The Balaban J connectivity index is 2.08. The molecule has 1 atom stereocenters. The van der Waals surface area contributed by atoms with Crippen LogP contribution in [0.5, 0.6) is 0 Å². The average Bonchev–Trinajstić information content (AvgIpc) is 2.93. The summed E-state index contributed by atoms with van der Waals surface area (Å²) >= 11 is 5.83. The lowest BCUT2D eigenvalue weighted by atomic mass is 10.1. The minimum atomic E-state index is -3.60. The molecule has 0 aliphatic carbocycles. The van der Waals surface area contributed by atoms with Crippen LogP contribution in [0.1, 0.15) is 5.56 Å². The van der Waals surface area contributed by atoms with Crippen LogP contribution in [0.15, 0.2) is 47.9 Å². The molecule has 5 nitrogen and oxygen atoms in total. The number of alkyl halides is 1. The molecule has 0 bridgehead atoms. The highest BCUT2D eigenvalue weighted by Gasteiger charge is 2.20. The van der Waals surface area contributed by atoms with Crippen molar-refractivity contribution in [3.8, 4) is 0 Å². The van der Waals surface area contributed by atoms with E-state index in [1.807, 2.05) is 30.3 Å². The molecule has 0 fully saturated rings. The zero-order valence-electron chi connectivity index (χ0n) is 10.1. The first kappa shape index (κ1) is 14.0. The molecule has 1 aromatic heterocycles. The van der Waals surface area contributed by atoms with E-state index in [9.17, 15) is 8.42 Å². The number of rotatable bonds is 6. The summed E-state index contributed by atoms with van der Waals surface area (Å²) in [5.74, 6) is 0.197. The second-order valence-electron chi connectivity index (χ2n) is 4.08. The number of aromatic amines is 1. The van der Waals surface area contributed by atoms with E-state index in [-0.39, 0.29) is 16.9 Å². The van der Waals surface area contributed by atoms with Gasteiger partial charge in [0.15, 0.2) is 5.03 Å². The molecule has 0 radical (unpaired) electrons. The average molecular weight is 300 g/mol. The SMILES string of the molecule is O=S(=O)(NC(CCl)Cc1ccccc1)c1cnc[nH]1. The van der Waals surface area contributed by atoms with Crippen molar-refractivity contribution in [3.05, 3.63) is 48.4 Å². The van der Waals surface area contributed by atoms with Gasteiger partial charge < -0.3 is 4.98 Å². The third-order valence-electron chi connectivity index (χ3n) is 2.60. The number of sulfonamides is 1. The van der Waals surface area contributed by atoms with Gasteiger partial charge in [-0.25, -0.2) is 18.1 Å². The molecule has 1 aromatic carbocycles. The number of halogens is 1. The number of hydrogen-bond donors (Lipinski definition) is 2. The highest BCUT2D eigenvalue weighted by molar-refractivity contribution is 7.89. The Morgan fingerprint density at radius 2 is 2.05 bits per heavy atom. The molecular formula is C12H14ClN3O2S. The van der Waals surface area contributed by atoms with Crippen molar-refractivity contribution >= 4 is 21.6 Å². The van der Waals surface area contributed by atoms with Gasteiger partial charge in [-0.1, -0.05) is 30.3 Å². The highest BCUT2D eigenvalue weighted by Crippen LogP contribution is 2.09. The Hall–Kier alpha value is -1.37. The number of hydrogen-bond acceptors (Lipinski definition) is 3. The van der Waals surface area contributed by atoms with Gasteiger partial charge in [-0.15, -0.1) is 11.6 Å². The maximum Gasteiger partial charge on any atom is 0.257 e. The molecule has 1 heterocycles. The first-order valence-corrected chi connectivity index (χ1v) is 7.74.